The van der Waals surface area contributed by atoms with E-state index in [1.54, 1.807) is 11.3 Å². The molecule has 2 N–H and O–H groups in total. The summed E-state index contributed by atoms with van der Waals surface area (Å²) < 4.78 is 1.17. The average Bonchev–Trinajstić information content (AvgIpc) is 3.11. The Kier molecular flexibility index (Phi) is 4.40. The van der Waals surface area contributed by atoms with Gasteiger partial charge in [0.1, 0.15) is 0 Å². The number of thiazole rings is 1. The van der Waals surface area contributed by atoms with Crippen LogP contribution in [0.5, 0.6) is 0 Å². The van der Waals surface area contributed by atoms with Gasteiger partial charge >= 0.3 is 0 Å². The Labute approximate surface area is 185 Å². The molecule has 4 aromatic rings. The predicted molar refractivity (Wildman–Crippen MR) is 126 cm³/mol. The molecule has 2 aromatic heterocycles. The van der Waals surface area contributed by atoms with Crippen molar-refractivity contribution in [3.05, 3.63) is 59.2 Å². The van der Waals surface area contributed by atoms with Crippen molar-refractivity contribution in [1.29, 1.82) is 0 Å². The van der Waals surface area contributed by atoms with Gasteiger partial charge in [-0.2, -0.15) is 0 Å². The largest absolute Gasteiger partial charge is 0.361 e. The summed E-state index contributed by atoms with van der Waals surface area (Å²) in [5.41, 5.74) is 4.61. The quantitative estimate of drug-likeness (QED) is 0.460. The molecule has 3 heterocycles. The van der Waals surface area contributed by atoms with Crippen LogP contribution in [0, 0.1) is 18.3 Å². The van der Waals surface area contributed by atoms with Crippen LogP contribution in [0.15, 0.2) is 48.7 Å². The number of nitrogens with zero attached hydrogens (tertiary/aromatic N) is 2. The van der Waals surface area contributed by atoms with Crippen molar-refractivity contribution in [1.82, 2.24) is 14.9 Å². The number of fused-ring (bicyclic) bond motifs is 2. The minimum atomic E-state index is 0.149. The second-order valence-corrected chi connectivity index (χ2v) is 10.4. The Morgan fingerprint density at radius 1 is 1.26 bits per heavy atom. The molecule has 1 aliphatic carbocycles. The van der Waals surface area contributed by atoms with Crippen molar-refractivity contribution in [2.45, 2.75) is 32.7 Å². The van der Waals surface area contributed by atoms with Crippen LogP contribution < -0.4 is 5.32 Å². The first-order valence-corrected chi connectivity index (χ1v) is 11.9. The van der Waals surface area contributed by atoms with Gasteiger partial charge in [-0.1, -0.05) is 18.2 Å². The number of aryl methyl sites for hydroxylation is 1. The number of carbonyl (C=O) groups excluding carboxylic acids is 1. The number of carbonyl (C=O) groups is 1. The molecule has 1 amide bonds. The molecule has 1 unspecified atom stereocenters. The zero-order valence-electron chi connectivity index (χ0n) is 17.6. The first kappa shape index (κ1) is 19.0. The molecule has 1 spiro atoms. The molecule has 6 rings (SSSR count). The summed E-state index contributed by atoms with van der Waals surface area (Å²) in [6.07, 6.45) is 5.39. The van der Waals surface area contributed by atoms with Gasteiger partial charge in [-0.15, -0.1) is 11.3 Å². The first-order chi connectivity index (χ1) is 15.1. The van der Waals surface area contributed by atoms with Gasteiger partial charge in [0.15, 0.2) is 0 Å². The van der Waals surface area contributed by atoms with Crippen LogP contribution in [-0.2, 0) is 11.3 Å². The molecule has 6 heteroatoms. The highest BCUT2D eigenvalue weighted by Gasteiger charge is 2.58. The maximum atomic E-state index is 12.9. The number of hydrogen-bond donors (Lipinski definition) is 2. The Morgan fingerprint density at radius 3 is 2.97 bits per heavy atom. The second-order valence-electron chi connectivity index (χ2n) is 9.16. The summed E-state index contributed by atoms with van der Waals surface area (Å²) in [6, 6.07) is 14.5. The van der Waals surface area contributed by atoms with Crippen molar-refractivity contribution in [3.63, 3.8) is 0 Å². The van der Waals surface area contributed by atoms with E-state index in [1.165, 1.54) is 21.2 Å². The molecular weight excluding hydrogens is 404 g/mol. The van der Waals surface area contributed by atoms with Crippen molar-refractivity contribution in [2.75, 3.05) is 18.4 Å². The van der Waals surface area contributed by atoms with Gasteiger partial charge in [-0.3, -0.25) is 9.69 Å². The lowest BCUT2D eigenvalue weighted by Crippen LogP contribution is -2.35. The molecule has 2 fully saturated rings. The summed E-state index contributed by atoms with van der Waals surface area (Å²) in [7, 11) is 0. The average molecular weight is 431 g/mol. The van der Waals surface area contributed by atoms with E-state index in [9.17, 15) is 4.79 Å². The van der Waals surface area contributed by atoms with E-state index in [0.29, 0.717) is 0 Å². The first-order valence-electron chi connectivity index (χ1n) is 11.1. The molecule has 2 aromatic carbocycles. The fourth-order valence-electron chi connectivity index (χ4n) is 5.28. The lowest BCUT2D eigenvalue weighted by atomic mass is 9.90. The van der Waals surface area contributed by atoms with Gasteiger partial charge in [0, 0.05) is 35.2 Å². The van der Waals surface area contributed by atoms with E-state index < -0.39 is 0 Å². The number of rotatable bonds is 4. The number of benzene rings is 2. The number of piperidine rings is 1. The van der Waals surface area contributed by atoms with Gasteiger partial charge in [0.2, 0.25) is 5.91 Å². The van der Waals surface area contributed by atoms with Crippen molar-refractivity contribution in [2.24, 2.45) is 11.3 Å². The van der Waals surface area contributed by atoms with Gasteiger partial charge in [-0.25, -0.2) is 4.98 Å². The molecule has 158 valence electrons. The topological polar surface area (TPSA) is 61.0 Å². The lowest BCUT2D eigenvalue weighted by Gasteiger charge is -2.32. The number of likely N-dealkylation sites (tertiary alicyclic amines) is 1. The van der Waals surface area contributed by atoms with E-state index in [0.717, 1.165) is 55.1 Å². The Morgan fingerprint density at radius 2 is 2.10 bits per heavy atom. The predicted octanol–water partition coefficient (Wildman–Crippen LogP) is 5.33. The van der Waals surface area contributed by atoms with Crippen LogP contribution in [0.3, 0.4) is 0 Å². The SMILES string of the molecule is Cc1nc2cc(NC(=O)C3CC34CCN(Cc3c[nH]c5ccccc35)CC4)ccc2s1. The summed E-state index contributed by atoms with van der Waals surface area (Å²) in [5, 5.41) is 5.53. The third-order valence-electron chi connectivity index (χ3n) is 7.19. The molecule has 1 saturated carbocycles. The molecule has 31 heavy (non-hydrogen) atoms. The highest BCUT2D eigenvalue weighted by Crippen LogP contribution is 2.59. The zero-order chi connectivity index (χ0) is 21.0. The van der Waals surface area contributed by atoms with Crippen LogP contribution in [0.4, 0.5) is 5.69 Å². The van der Waals surface area contributed by atoms with Crippen molar-refractivity contribution >= 4 is 44.1 Å². The molecular formula is C25H26N4OS. The fourth-order valence-corrected chi connectivity index (χ4v) is 6.09. The number of para-hydroxylation sites is 1. The van der Waals surface area contributed by atoms with Gasteiger partial charge in [0.25, 0.3) is 0 Å². The summed E-state index contributed by atoms with van der Waals surface area (Å²) in [6.45, 7) is 5.12. The maximum Gasteiger partial charge on any atom is 0.228 e. The maximum absolute atomic E-state index is 12.9. The molecule has 0 radical (unpaired) electrons. The van der Waals surface area contributed by atoms with Crippen LogP contribution in [0.1, 0.15) is 29.8 Å². The van der Waals surface area contributed by atoms with Crippen LogP contribution in [0.2, 0.25) is 0 Å². The summed E-state index contributed by atoms with van der Waals surface area (Å²) in [5.74, 6) is 0.326. The second kappa shape index (κ2) is 7.18. The Balaban J connectivity index is 1.07. The molecule has 2 aliphatic rings. The van der Waals surface area contributed by atoms with Crippen LogP contribution in [0.25, 0.3) is 21.1 Å². The monoisotopic (exact) mass is 430 g/mol. The van der Waals surface area contributed by atoms with E-state index >= 15 is 0 Å². The van der Waals surface area contributed by atoms with Crippen molar-refractivity contribution < 1.29 is 4.79 Å². The minimum Gasteiger partial charge on any atom is -0.361 e. The number of hydrogen-bond acceptors (Lipinski definition) is 4. The Hall–Kier alpha value is -2.70. The zero-order valence-corrected chi connectivity index (χ0v) is 18.5. The van der Waals surface area contributed by atoms with E-state index in [4.69, 9.17) is 0 Å². The van der Waals surface area contributed by atoms with Crippen molar-refractivity contribution in [3.8, 4) is 0 Å². The smallest absolute Gasteiger partial charge is 0.228 e. The number of nitrogens with one attached hydrogen (secondary N) is 2. The minimum absolute atomic E-state index is 0.149. The molecule has 5 nitrogen and oxygen atoms in total. The van der Waals surface area contributed by atoms with Gasteiger partial charge < -0.3 is 10.3 Å². The van der Waals surface area contributed by atoms with E-state index in [2.05, 4.69) is 56.7 Å². The number of aromatic amines is 1. The number of amides is 1. The number of aromatic nitrogens is 2. The molecule has 1 atom stereocenters. The molecule has 0 bridgehead atoms. The Bertz CT molecular complexity index is 1280. The normalized spacial score (nSPS) is 20.5. The highest BCUT2D eigenvalue weighted by molar-refractivity contribution is 7.18. The number of anilines is 1. The number of H-pyrrole nitrogens is 1. The van der Waals surface area contributed by atoms with E-state index in [-0.39, 0.29) is 17.2 Å². The van der Waals surface area contributed by atoms with Gasteiger partial charge in [-0.05, 0) is 74.5 Å². The molecule has 1 aliphatic heterocycles. The van der Waals surface area contributed by atoms with Crippen LogP contribution in [-0.4, -0.2) is 33.9 Å². The van der Waals surface area contributed by atoms with Crippen LogP contribution >= 0.6 is 11.3 Å². The standard InChI is InChI=1S/C25H26N4OS/c1-16-27-22-12-18(6-7-23(22)31-16)28-24(30)20-13-25(20)8-10-29(11-9-25)15-17-14-26-21-5-3-2-4-19(17)21/h2-7,12,14,20,26H,8-11,13,15H2,1H3,(H,28,30). The third-order valence-corrected chi connectivity index (χ3v) is 8.14. The summed E-state index contributed by atoms with van der Waals surface area (Å²) >= 11 is 1.69. The molecule has 1 saturated heterocycles. The lowest BCUT2D eigenvalue weighted by molar-refractivity contribution is -0.118. The third kappa shape index (κ3) is 3.44. The summed E-state index contributed by atoms with van der Waals surface area (Å²) in [4.78, 5) is 23.4. The van der Waals surface area contributed by atoms with Gasteiger partial charge in [0.05, 0.1) is 15.2 Å². The van der Waals surface area contributed by atoms with E-state index in [1.807, 2.05) is 19.1 Å². The highest BCUT2D eigenvalue weighted by atomic mass is 32.1. The fraction of sp³-hybridized carbons (Fsp3) is 0.360.